The molecule has 0 spiro atoms. The van der Waals surface area contributed by atoms with Gasteiger partial charge in [0.2, 0.25) is 5.91 Å². The number of phenols is 2. The Morgan fingerprint density at radius 2 is 1.83 bits per heavy atom. The van der Waals surface area contributed by atoms with Crippen LogP contribution in [0.15, 0.2) is 18.2 Å². The number of phenolic OH excluding ortho intramolecular Hbond substituents is 2. The second kappa shape index (κ2) is 6.23. The number of hydrogen-bond donors (Lipinski definition) is 5. The van der Waals surface area contributed by atoms with Crippen LogP contribution in [0.25, 0.3) is 0 Å². The average molecular weight is 255 g/mol. The molecule has 0 saturated heterocycles. The Kier molecular flexibility index (Phi) is 4.94. The maximum Gasteiger partial charge on any atom is 0.216 e. The predicted octanol–water partition coefficient (Wildman–Crippen LogP) is 0.0183. The summed E-state index contributed by atoms with van der Waals surface area (Å²) in [6, 6.07) is 4.03. The molecule has 0 saturated carbocycles. The van der Waals surface area contributed by atoms with Crippen molar-refractivity contribution >= 4 is 5.91 Å². The van der Waals surface area contributed by atoms with E-state index in [4.69, 9.17) is 0 Å². The molecule has 0 aliphatic rings. The summed E-state index contributed by atoms with van der Waals surface area (Å²) in [5, 5.41) is 41.1. The van der Waals surface area contributed by atoms with E-state index in [1.165, 1.54) is 25.1 Å². The number of carbonyl (C=O) groups is 1. The molecule has 6 nitrogen and oxygen atoms in total. The van der Waals surface area contributed by atoms with E-state index >= 15 is 0 Å². The Hall–Kier alpha value is -1.79. The number of aromatic hydroxyl groups is 2. The third kappa shape index (κ3) is 3.61. The number of nitrogens with one attached hydrogen (secondary N) is 1. The third-order valence-electron chi connectivity index (χ3n) is 2.53. The van der Waals surface area contributed by atoms with Gasteiger partial charge >= 0.3 is 0 Å². The molecular formula is C12H17NO5. The molecule has 0 fully saturated rings. The van der Waals surface area contributed by atoms with Crippen molar-refractivity contribution in [1.82, 2.24) is 5.32 Å². The van der Waals surface area contributed by atoms with Crippen LogP contribution in [-0.2, 0) is 4.79 Å². The standard InChI is InChI=1S/C12H17NO5/c1-7(14)13-6-5-10(17)12(18)11-8(15)3-2-4-9(11)16/h2-4,10,12,15-18H,5-6H2,1H3,(H,13,14). The SMILES string of the molecule is CC(=O)NCCC(O)C(O)c1c(O)cccc1O. The van der Waals surface area contributed by atoms with E-state index in [1.54, 1.807) is 0 Å². The molecule has 0 heterocycles. The van der Waals surface area contributed by atoms with Gasteiger partial charge in [0.05, 0.1) is 11.7 Å². The van der Waals surface area contributed by atoms with Crippen molar-refractivity contribution in [1.29, 1.82) is 0 Å². The number of benzene rings is 1. The van der Waals surface area contributed by atoms with Gasteiger partial charge in [-0.25, -0.2) is 0 Å². The lowest BCUT2D eigenvalue weighted by Crippen LogP contribution is -2.27. The van der Waals surface area contributed by atoms with Crippen LogP contribution in [0.2, 0.25) is 0 Å². The highest BCUT2D eigenvalue weighted by Gasteiger charge is 2.24. The van der Waals surface area contributed by atoms with E-state index in [0.717, 1.165) is 0 Å². The number of carbonyl (C=O) groups excluding carboxylic acids is 1. The van der Waals surface area contributed by atoms with Crippen molar-refractivity contribution in [2.24, 2.45) is 0 Å². The fourth-order valence-electron chi connectivity index (χ4n) is 1.59. The summed E-state index contributed by atoms with van der Waals surface area (Å²) < 4.78 is 0. The first-order valence-corrected chi connectivity index (χ1v) is 5.55. The molecule has 18 heavy (non-hydrogen) atoms. The molecule has 100 valence electrons. The smallest absolute Gasteiger partial charge is 0.216 e. The van der Waals surface area contributed by atoms with Crippen LogP contribution < -0.4 is 5.32 Å². The Morgan fingerprint density at radius 1 is 1.28 bits per heavy atom. The minimum absolute atomic E-state index is 0.106. The Bertz CT molecular complexity index is 401. The maximum absolute atomic E-state index is 10.6. The molecule has 1 amide bonds. The van der Waals surface area contributed by atoms with Gasteiger partial charge in [-0.1, -0.05) is 6.07 Å². The van der Waals surface area contributed by atoms with Crippen LogP contribution in [0.4, 0.5) is 0 Å². The monoisotopic (exact) mass is 255 g/mol. The van der Waals surface area contributed by atoms with E-state index in [9.17, 15) is 25.2 Å². The normalized spacial score (nSPS) is 13.9. The minimum atomic E-state index is -1.42. The lowest BCUT2D eigenvalue weighted by molar-refractivity contribution is -0.119. The molecular weight excluding hydrogens is 238 g/mol. The van der Waals surface area contributed by atoms with E-state index in [0.29, 0.717) is 0 Å². The fraction of sp³-hybridized carbons (Fsp3) is 0.417. The van der Waals surface area contributed by atoms with E-state index in [1.807, 2.05) is 0 Å². The second-order valence-electron chi connectivity index (χ2n) is 3.99. The predicted molar refractivity (Wildman–Crippen MR) is 64.0 cm³/mol. The molecule has 0 bridgehead atoms. The van der Waals surface area contributed by atoms with Crippen molar-refractivity contribution < 1.29 is 25.2 Å². The first-order chi connectivity index (χ1) is 8.43. The van der Waals surface area contributed by atoms with Crippen LogP contribution in [0.3, 0.4) is 0 Å². The third-order valence-corrected chi connectivity index (χ3v) is 2.53. The lowest BCUT2D eigenvalue weighted by atomic mass is 10.00. The zero-order chi connectivity index (χ0) is 13.7. The molecule has 1 rings (SSSR count). The molecule has 2 unspecified atom stereocenters. The summed E-state index contributed by atoms with van der Waals surface area (Å²) in [6.07, 6.45) is -2.51. The Balaban J connectivity index is 2.68. The second-order valence-corrected chi connectivity index (χ2v) is 3.99. The molecule has 0 aromatic heterocycles. The van der Waals surface area contributed by atoms with Crippen LogP contribution in [0.5, 0.6) is 11.5 Å². The molecule has 5 N–H and O–H groups in total. The molecule has 1 aromatic carbocycles. The highest BCUT2D eigenvalue weighted by molar-refractivity contribution is 5.72. The van der Waals surface area contributed by atoms with Crippen LogP contribution >= 0.6 is 0 Å². The summed E-state index contributed by atoms with van der Waals surface area (Å²) >= 11 is 0. The first-order valence-electron chi connectivity index (χ1n) is 5.55. The first kappa shape index (κ1) is 14.3. The van der Waals surface area contributed by atoms with Crippen molar-refractivity contribution in [3.05, 3.63) is 23.8 Å². The molecule has 2 atom stereocenters. The van der Waals surface area contributed by atoms with Gasteiger partial charge in [-0.3, -0.25) is 4.79 Å². The Morgan fingerprint density at radius 3 is 2.33 bits per heavy atom. The van der Waals surface area contributed by atoms with Gasteiger partial charge in [-0.15, -0.1) is 0 Å². The van der Waals surface area contributed by atoms with Gasteiger partial charge in [0, 0.05) is 13.5 Å². The topological polar surface area (TPSA) is 110 Å². The van der Waals surface area contributed by atoms with Crippen LogP contribution in [-0.4, -0.2) is 39.0 Å². The summed E-state index contributed by atoms with van der Waals surface area (Å²) in [5.41, 5.74) is -0.118. The summed E-state index contributed by atoms with van der Waals surface area (Å²) in [5.74, 6) is -0.816. The minimum Gasteiger partial charge on any atom is -0.507 e. The molecule has 6 heteroatoms. The number of amides is 1. The van der Waals surface area contributed by atoms with Gasteiger partial charge in [-0.2, -0.15) is 0 Å². The van der Waals surface area contributed by atoms with Gasteiger partial charge in [0.25, 0.3) is 0 Å². The average Bonchev–Trinajstić information content (AvgIpc) is 2.27. The van der Waals surface area contributed by atoms with E-state index in [-0.39, 0.29) is 35.9 Å². The number of aliphatic hydroxyl groups excluding tert-OH is 2. The number of rotatable bonds is 5. The van der Waals surface area contributed by atoms with Gasteiger partial charge in [-0.05, 0) is 18.6 Å². The number of aliphatic hydroxyl groups is 2. The van der Waals surface area contributed by atoms with Crippen molar-refractivity contribution in [3.63, 3.8) is 0 Å². The quantitative estimate of drug-likeness (QED) is 0.509. The van der Waals surface area contributed by atoms with Gasteiger partial charge in [0.1, 0.15) is 17.6 Å². The van der Waals surface area contributed by atoms with Gasteiger partial charge in [0.15, 0.2) is 0 Å². The van der Waals surface area contributed by atoms with Crippen molar-refractivity contribution in [3.8, 4) is 11.5 Å². The van der Waals surface area contributed by atoms with E-state index in [2.05, 4.69) is 5.32 Å². The van der Waals surface area contributed by atoms with Crippen molar-refractivity contribution in [2.75, 3.05) is 6.54 Å². The highest BCUT2D eigenvalue weighted by Crippen LogP contribution is 2.34. The largest absolute Gasteiger partial charge is 0.507 e. The summed E-state index contributed by atoms with van der Waals surface area (Å²) in [7, 11) is 0. The molecule has 1 aromatic rings. The van der Waals surface area contributed by atoms with Gasteiger partial charge < -0.3 is 25.7 Å². The summed E-state index contributed by atoms with van der Waals surface area (Å²) in [4.78, 5) is 10.6. The van der Waals surface area contributed by atoms with Crippen LogP contribution in [0.1, 0.15) is 25.0 Å². The molecule has 0 aliphatic carbocycles. The van der Waals surface area contributed by atoms with E-state index < -0.39 is 12.2 Å². The number of hydrogen-bond acceptors (Lipinski definition) is 5. The maximum atomic E-state index is 10.6. The Labute approximate surface area is 105 Å². The fourth-order valence-corrected chi connectivity index (χ4v) is 1.59. The summed E-state index contributed by atoms with van der Waals surface area (Å²) in [6.45, 7) is 1.54. The zero-order valence-electron chi connectivity index (χ0n) is 10.00. The molecule has 0 aliphatic heterocycles. The zero-order valence-corrected chi connectivity index (χ0v) is 10.00. The highest BCUT2D eigenvalue weighted by atomic mass is 16.3. The van der Waals surface area contributed by atoms with Crippen molar-refractivity contribution in [2.45, 2.75) is 25.6 Å². The lowest BCUT2D eigenvalue weighted by Gasteiger charge is -2.20. The molecule has 0 radical (unpaired) electrons. The van der Waals surface area contributed by atoms with Crippen LogP contribution in [0, 0.1) is 0 Å².